The average molecular weight is 317 g/mol. The smallest absolute Gasteiger partial charge is 0.220 e. The third-order valence-corrected chi connectivity index (χ3v) is 4.96. The van der Waals surface area contributed by atoms with Crippen LogP contribution in [0.15, 0.2) is 12.1 Å². The minimum atomic E-state index is -0.129. The van der Waals surface area contributed by atoms with E-state index in [9.17, 15) is 4.79 Å². The highest BCUT2D eigenvalue weighted by molar-refractivity contribution is 5.76. The van der Waals surface area contributed by atoms with E-state index in [0.29, 0.717) is 0 Å². The summed E-state index contributed by atoms with van der Waals surface area (Å²) < 4.78 is 0. The van der Waals surface area contributed by atoms with E-state index < -0.39 is 0 Å². The summed E-state index contributed by atoms with van der Waals surface area (Å²) in [6, 6.07) is 4.51. The average Bonchev–Trinajstić information content (AvgIpc) is 2.49. The second-order valence-corrected chi connectivity index (χ2v) is 6.93. The van der Waals surface area contributed by atoms with E-state index in [-0.39, 0.29) is 11.8 Å². The first-order valence-electron chi connectivity index (χ1n) is 8.76. The number of piperidine rings is 1. The van der Waals surface area contributed by atoms with Crippen molar-refractivity contribution in [3.63, 3.8) is 0 Å². The molecule has 0 spiro atoms. The highest BCUT2D eigenvalue weighted by atomic mass is 16.1. The predicted molar refractivity (Wildman–Crippen MR) is 95.3 cm³/mol. The van der Waals surface area contributed by atoms with Crippen molar-refractivity contribution >= 4 is 5.91 Å². The van der Waals surface area contributed by atoms with Gasteiger partial charge in [-0.15, -0.1) is 0 Å². The summed E-state index contributed by atoms with van der Waals surface area (Å²) >= 11 is 0. The number of aryl methyl sites for hydroxylation is 3. The first kappa shape index (κ1) is 18.0. The summed E-state index contributed by atoms with van der Waals surface area (Å²) in [7, 11) is 0. The number of carbonyl (C=O) groups excluding carboxylic acids is 1. The number of nitrogens with two attached hydrogens (primary N) is 1. The SMILES string of the molecule is Cc1cc(C)c(CNCCCN2CCC(C(N)=O)CC2)c(C)c1. The normalized spacial score (nSPS) is 16.7. The number of likely N-dealkylation sites (tertiary alicyclic amines) is 1. The Kier molecular flexibility index (Phi) is 6.60. The molecule has 1 fully saturated rings. The Balaban J connectivity index is 1.64. The number of hydrogen-bond acceptors (Lipinski definition) is 3. The first-order valence-corrected chi connectivity index (χ1v) is 8.76. The van der Waals surface area contributed by atoms with Crippen LogP contribution in [0.3, 0.4) is 0 Å². The van der Waals surface area contributed by atoms with Gasteiger partial charge in [0.25, 0.3) is 0 Å². The van der Waals surface area contributed by atoms with Crippen LogP contribution >= 0.6 is 0 Å². The minimum absolute atomic E-state index is 0.0943. The molecule has 23 heavy (non-hydrogen) atoms. The zero-order valence-corrected chi connectivity index (χ0v) is 14.8. The molecule has 2 rings (SSSR count). The van der Waals surface area contributed by atoms with Crippen LogP contribution in [0.2, 0.25) is 0 Å². The molecule has 4 heteroatoms. The highest BCUT2D eigenvalue weighted by Crippen LogP contribution is 2.17. The third kappa shape index (κ3) is 5.33. The zero-order valence-electron chi connectivity index (χ0n) is 14.8. The van der Waals surface area contributed by atoms with Gasteiger partial charge >= 0.3 is 0 Å². The van der Waals surface area contributed by atoms with Gasteiger partial charge in [-0.1, -0.05) is 17.7 Å². The Morgan fingerprint density at radius 3 is 2.39 bits per heavy atom. The Morgan fingerprint density at radius 2 is 1.83 bits per heavy atom. The summed E-state index contributed by atoms with van der Waals surface area (Å²) in [5.74, 6) is -0.0352. The maximum Gasteiger partial charge on any atom is 0.220 e. The number of carbonyl (C=O) groups is 1. The predicted octanol–water partition coefficient (Wildman–Crippen LogP) is 2.29. The van der Waals surface area contributed by atoms with E-state index in [1.165, 1.54) is 22.3 Å². The van der Waals surface area contributed by atoms with Gasteiger partial charge in [-0.2, -0.15) is 0 Å². The molecule has 1 aliphatic heterocycles. The number of benzene rings is 1. The van der Waals surface area contributed by atoms with E-state index in [4.69, 9.17) is 5.73 Å². The van der Waals surface area contributed by atoms with E-state index >= 15 is 0 Å². The van der Waals surface area contributed by atoms with Crippen molar-refractivity contribution in [2.45, 2.75) is 46.6 Å². The van der Waals surface area contributed by atoms with Crippen LogP contribution < -0.4 is 11.1 Å². The van der Waals surface area contributed by atoms with E-state index in [1.54, 1.807) is 0 Å². The van der Waals surface area contributed by atoms with Gasteiger partial charge in [0.15, 0.2) is 0 Å². The Labute approximate surface area is 140 Å². The lowest BCUT2D eigenvalue weighted by atomic mass is 9.96. The van der Waals surface area contributed by atoms with Crippen molar-refractivity contribution in [1.82, 2.24) is 10.2 Å². The number of nitrogens with zero attached hydrogens (tertiary/aromatic N) is 1. The van der Waals surface area contributed by atoms with Crippen LogP contribution in [0, 0.1) is 26.7 Å². The fourth-order valence-electron chi connectivity index (χ4n) is 3.57. The molecule has 3 N–H and O–H groups in total. The molecule has 0 aliphatic carbocycles. The molecule has 1 heterocycles. The molecule has 0 radical (unpaired) electrons. The minimum Gasteiger partial charge on any atom is -0.369 e. The van der Waals surface area contributed by atoms with Gasteiger partial charge in [-0.3, -0.25) is 4.79 Å². The number of rotatable bonds is 7. The largest absolute Gasteiger partial charge is 0.369 e. The van der Waals surface area contributed by atoms with Crippen molar-refractivity contribution in [1.29, 1.82) is 0 Å². The van der Waals surface area contributed by atoms with Crippen LogP contribution in [0.5, 0.6) is 0 Å². The summed E-state index contributed by atoms with van der Waals surface area (Å²) in [5, 5.41) is 3.57. The van der Waals surface area contributed by atoms with Crippen molar-refractivity contribution < 1.29 is 4.79 Å². The molecule has 1 aliphatic rings. The van der Waals surface area contributed by atoms with Crippen LogP contribution in [0.4, 0.5) is 0 Å². The van der Waals surface area contributed by atoms with Crippen LogP contribution in [-0.2, 0) is 11.3 Å². The summed E-state index contributed by atoms with van der Waals surface area (Å²) in [6.07, 6.45) is 2.99. The molecule has 0 aromatic heterocycles. The number of primary amides is 1. The van der Waals surface area contributed by atoms with Crippen molar-refractivity contribution in [2.24, 2.45) is 11.7 Å². The quantitative estimate of drug-likeness (QED) is 0.759. The van der Waals surface area contributed by atoms with Gasteiger partial charge in [-0.05, 0) is 82.9 Å². The maximum absolute atomic E-state index is 11.2. The molecule has 0 bridgehead atoms. The summed E-state index contributed by atoms with van der Waals surface area (Å²) in [6.45, 7) is 11.6. The fraction of sp³-hybridized carbons (Fsp3) is 0.632. The van der Waals surface area contributed by atoms with Gasteiger partial charge in [0.2, 0.25) is 5.91 Å². The Hall–Kier alpha value is -1.39. The number of hydrogen-bond donors (Lipinski definition) is 2. The topological polar surface area (TPSA) is 58.4 Å². The fourth-order valence-corrected chi connectivity index (χ4v) is 3.57. The maximum atomic E-state index is 11.2. The van der Waals surface area contributed by atoms with E-state index in [2.05, 4.69) is 43.1 Å². The lowest BCUT2D eigenvalue weighted by Crippen LogP contribution is -2.39. The van der Waals surface area contributed by atoms with E-state index in [0.717, 1.165) is 52.0 Å². The number of amides is 1. The Morgan fingerprint density at radius 1 is 1.22 bits per heavy atom. The first-order chi connectivity index (χ1) is 11.0. The van der Waals surface area contributed by atoms with E-state index in [1.807, 2.05) is 0 Å². The number of nitrogens with one attached hydrogen (secondary N) is 1. The van der Waals surface area contributed by atoms with Gasteiger partial charge in [-0.25, -0.2) is 0 Å². The molecule has 4 nitrogen and oxygen atoms in total. The molecule has 128 valence electrons. The summed E-state index contributed by atoms with van der Waals surface area (Å²) in [5.41, 5.74) is 10.9. The Bertz CT molecular complexity index is 510. The second-order valence-electron chi connectivity index (χ2n) is 6.93. The standard InChI is InChI=1S/C19H31N3O/c1-14-11-15(2)18(16(3)12-14)13-21-7-4-8-22-9-5-17(6-10-22)19(20)23/h11-12,17,21H,4-10,13H2,1-3H3,(H2,20,23). The van der Waals surface area contributed by atoms with Crippen LogP contribution in [0.25, 0.3) is 0 Å². The molecule has 0 saturated carbocycles. The van der Waals surface area contributed by atoms with Crippen LogP contribution in [-0.4, -0.2) is 37.0 Å². The van der Waals surface area contributed by atoms with Gasteiger partial charge < -0.3 is 16.0 Å². The highest BCUT2D eigenvalue weighted by Gasteiger charge is 2.22. The van der Waals surface area contributed by atoms with Crippen LogP contribution in [0.1, 0.15) is 41.5 Å². The lowest BCUT2D eigenvalue weighted by Gasteiger charge is -2.30. The molecule has 1 saturated heterocycles. The van der Waals surface area contributed by atoms with Crippen molar-refractivity contribution in [3.8, 4) is 0 Å². The summed E-state index contributed by atoms with van der Waals surface area (Å²) in [4.78, 5) is 13.6. The van der Waals surface area contributed by atoms with Crippen molar-refractivity contribution in [3.05, 3.63) is 34.4 Å². The lowest BCUT2D eigenvalue weighted by molar-refractivity contribution is -0.123. The van der Waals surface area contributed by atoms with Crippen molar-refractivity contribution in [2.75, 3.05) is 26.2 Å². The molecule has 0 unspecified atom stereocenters. The molecule has 0 atom stereocenters. The second kappa shape index (κ2) is 8.46. The molecular weight excluding hydrogens is 286 g/mol. The molecule has 1 amide bonds. The molecule has 1 aromatic carbocycles. The molecular formula is C19H31N3O. The monoisotopic (exact) mass is 317 g/mol. The molecule has 1 aromatic rings. The van der Waals surface area contributed by atoms with Gasteiger partial charge in [0.05, 0.1) is 0 Å². The zero-order chi connectivity index (χ0) is 16.8. The van der Waals surface area contributed by atoms with Gasteiger partial charge in [0, 0.05) is 12.5 Å². The third-order valence-electron chi connectivity index (χ3n) is 4.96. The van der Waals surface area contributed by atoms with Gasteiger partial charge in [0.1, 0.15) is 0 Å².